The molecule has 136 valence electrons. The molecule has 1 saturated carbocycles. The number of carbonyl (C=O) groups is 2. The van der Waals surface area contributed by atoms with Crippen molar-refractivity contribution in [1.82, 2.24) is 5.32 Å². The van der Waals surface area contributed by atoms with E-state index >= 15 is 0 Å². The maximum absolute atomic E-state index is 12.6. The summed E-state index contributed by atoms with van der Waals surface area (Å²) in [6, 6.07) is 5.45. The molecule has 0 bridgehead atoms. The molecule has 1 heterocycles. The molecule has 1 aliphatic carbocycles. The standard InChI is InChI=1S/C19H24Cl2N2O2/c1-2-12-6-8-14(9-7-12)22-19(25)13-10-17(24)23(11-13)16-5-3-4-15(20)18(16)21/h3-5,12-14H,2,6-11H2,1H3,(H,22,25)/t12?,13-,14?/m0/s1. The number of anilines is 1. The summed E-state index contributed by atoms with van der Waals surface area (Å²) in [5.41, 5.74) is 0.581. The zero-order chi connectivity index (χ0) is 18.0. The van der Waals surface area contributed by atoms with E-state index in [1.807, 2.05) is 0 Å². The quantitative estimate of drug-likeness (QED) is 0.836. The fourth-order valence-corrected chi connectivity index (χ4v) is 4.25. The van der Waals surface area contributed by atoms with Crippen molar-refractivity contribution in [3.05, 3.63) is 28.2 Å². The monoisotopic (exact) mass is 382 g/mol. The van der Waals surface area contributed by atoms with Crippen LogP contribution in [0.25, 0.3) is 0 Å². The fourth-order valence-electron chi connectivity index (χ4n) is 3.85. The molecule has 0 spiro atoms. The second kappa shape index (κ2) is 7.96. The molecule has 1 atom stereocenters. The van der Waals surface area contributed by atoms with Gasteiger partial charge in [0.15, 0.2) is 0 Å². The van der Waals surface area contributed by atoms with E-state index in [-0.39, 0.29) is 30.2 Å². The van der Waals surface area contributed by atoms with Crippen molar-refractivity contribution in [2.45, 2.75) is 51.5 Å². The first-order chi connectivity index (χ1) is 12.0. The van der Waals surface area contributed by atoms with Crippen LogP contribution in [0.3, 0.4) is 0 Å². The normalized spacial score (nSPS) is 26.8. The van der Waals surface area contributed by atoms with Crippen LogP contribution in [0, 0.1) is 11.8 Å². The first kappa shape index (κ1) is 18.5. The summed E-state index contributed by atoms with van der Waals surface area (Å²) in [6.07, 6.45) is 5.86. The maximum Gasteiger partial charge on any atom is 0.227 e. The van der Waals surface area contributed by atoms with Gasteiger partial charge >= 0.3 is 0 Å². The highest BCUT2D eigenvalue weighted by Gasteiger charge is 2.37. The van der Waals surface area contributed by atoms with E-state index in [9.17, 15) is 9.59 Å². The van der Waals surface area contributed by atoms with Gasteiger partial charge in [-0.3, -0.25) is 9.59 Å². The largest absolute Gasteiger partial charge is 0.353 e. The molecule has 2 amide bonds. The lowest BCUT2D eigenvalue weighted by Crippen LogP contribution is -2.41. The molecule has 1 aromatic carbocycles. The molecule has 1 N–H and O–H groups in total. The van der Waals surface area contributed by atoms with Crippen LogP contribution in [0.4, 0.5) is 5.69 Å². The predicted octanol–water partition coefficient (Wildman–Crippen LogP) is 4.43. The Kier molecular flexibility index (Phi) is 5.90. The second-order valence-corrected chi connectivity index (χ2v) is 7.90. The van der Waals surface area contributed by atoms with Crippen LogP contribution < -0.4 is 10.2 Å². The van der Waals surface area contributed by atoms with E-state index in [0.29, 0.717) is 22.3 Å². The van der Waals surface area contributed by atoms with Gasteiger partial charge in [0.25, 0.3) is 0 Å². The van der Waals surface area contributed by atoms with Gasteiger partial charge in [-0.25, -0.2) is 0 Å². The van der Waals surface area contributed by atoms with Gasteiger partial charge < -0.3 is 10.2 Å². The summed E-state index contributed by atoms with van der Waals surface area (Å²) in [6.45, 7) is 2.58. The minimum atomic E-state index is -0.327. The summed E-state index contributed by atoms with van der Waals surface area (Å²) in [4.78, 5) is 26.5. The van der Waals surface area contributed by atoms with Gasteiger partial charge in [0, 0.05) is 19.0 Å². The fraction of sp³-hybridized carbons (Fsp3) is 0.579. The van der Waals surface area contributed by atoms with Gasteiger partial charge in [-0.15, -0.1) is 0 Å². The van der Waals surface area contributed by atoms with Crippen molar-refractivity contribution in [3.63, 3.8) is 0 Å². The first-order valence-corrected chi connectivity index (χ1v) is 9.80. The lowest BCUT2D eigenvalue weighted by Gasteiger charge is -2.29. The van der Waals surface area contributed by atoms with Gasteiger partial charge in [0.2, 0.25) is 11.8 Å². The molecule has 0 unspecified atom stereocenters. The lowest BCUT2D eigenvalue weighted by atomic mass is 9.84. The van der Waals surface area contributed by atoms with Crippen LogP contribution >= 0.6 is 23.2 Å². The number of rotatable bonds is 4. The van der Waals surface area contributed by atoms with E-state index in [1.165, 1.54) is 19.3 Å². The van der Waals surface area contributed by atoms with Crippen molar-refractivity contribution >= 4 is 40.7 Å². The number of hydrogen-bond acceptors (Lipinski definition) is 2. The molecule has 2 fully saturated rings. The number of nitrogens with zero attached hydrogens (tertiary/aromatic N) is 1. The highest BCUT2D eigenvalue weighted by Crippen LogP contribution is 2.36. The highest BCUT2D eigenvalue weighted by atomic mass is 35.5. The molecule has 1 saturated heterocycles. The molecule has 4 nitrogen and oxygen atoms in total. The Morgan fingerprint density at radius 3 is 2.64 bits per heavy atom. The molecule has 25 heavy (non-hydrogen) atoms. The van der Waals surface area contributed by atoms with Crippen molar-refractivity contribution in [2.75, 3.05) is 11.4 Å². The number of halogens is 2. The number of hydrogen-bond donors (Lipinski definition) is 1. The predicted molar refractivity (Wildman–Crippen MR) is 101 cm³/mol. The van der Waals surface area contributed by atoms with E-state index in [0.717, 1.165) is 18.8 Å². The second-order valence-electron chi connectivity index (χ2n) is 7.11. The average molecular weight is 383 g/mol. The summed E-state index contributed by atoms with van der Waals surface area (Å²) in [5.74, 6) is 0.362. The molecule has 6 heteroatoms. The molecule has 2 aliphatic rings. The Morgan fingerprint density at radius 1 is 1.24 bits per heavy atom. The summed E-state index contributed by atoms with van der Waals surface area (Å²) < 4.78 is 0. The van der Waals surface area contributed by atoms with Gasteiger partial charge in [-0.05, 0) is 43.7 Å². The molecule has 0 aromatic heterocycles. The molecule has 0 radical (unpaired) electrons. The van der Waals surface area contributed by atoms with E-state index in [4.69, 9.17) is 23.2 Å². The first-order valence-electron chi connectivity index (χ1n) is 9.04. The summed E-state index contributed by atoms with van der Waals surface area (Å²) in [7, 11) is 0. The zero-order valence-corrected chi connectivity index (χ0v) is 15.9. The van der Waals surface area contributed by atoms with Crippen LogP contribution in [0.2, 0.25) is 10.0 Å². The topological polar surface area (TPSA) is 49.4 Å². The third-order valence-corrected chi connectivity index (χ3v) is 6.30. The number of carbonyl (C=O) groups excluding carboxylic acids is 2. The van der Waals surface area contributed by atoms with E-state index in [2.05, 4.69) is 12.2 Å². The van der Waals surface area contributed by atoms with Crippen LogP contribution in [0.5, 0.6) is 0 Å². The van der Waals surface area contributed by atoms with Crippen LogP contribution in [0.15, 0.2) is 18.2 Å². The third-order valence-electron chi connectivity index (χ3n) is 5.49. The van der Waals surface area contributed by atoms with Crippen molar-refractivity contribution < 1.29 is 9.59 Å². The Bertz CT molecular complexity index is 657. The number of nitrogens with one attached hydrogen (secondary N) is 1. The Labute approximate surface area is 158 Å². The molecule has 1 aromatic rings. The van der Waals surface area contributed by atoms with E-state index in [1.54, 1.807) is 23.1 Å². The molecule has 3 rings (SSSR count). The maximum atomic E-state index is 12.6. The minimum absolute atomic E-state index is 0.0195. The zero-order valence-electron chi connectivity index (χ0n) is 14.4. The molecular weight excluding hydrogens is 359 g/mol. The number of amides is 2. The Hall–Kier alpha value is -1.26. The lowest BCUT2D eigenvalue weighted by molar-refractivity contribution is -0.127. The third kappa shape index (κ3) is 4.12. The Morgan fingerprint density at radius 2 is 1.96 bits per heavy atom. The van der Waals surface area contributed by atoms with Crippen LogP contribution in [-0.2, 0) is 9.59 Å². The van der Waals surface area contributed by atoms with Crippen molar-refractivity contribution in [1.29, 1.82) is 0 Å². The minimum Gasteiger partial charge on any atom is -0.353 e. The van der Waals surface area contributed by atoms with E-state index < -0.39 is 0 Å². The summed E-state index contributed by atoms with van der Waals surface area (Å²) in [5, 5.41) is 3.91. The van der Waals surface area contributed by atoms with Crippen molar-refractivity contribution in [2.24, 2.45) is 11.8 Å². The molecule has 1 aliphatic heterocycles. The van der Waals surface area contributed by atoms with Crippen LogP contribution in [0.1, 0.15) is 45.4 Å². The van der Waals surface area contributed by atoms with Crippen LogP contribution in [-0.4, -0.2) is 24.4 Å². The van der Waals surface area contributed by atoms with Gasteiger partial charge in [-0.1, -0.05) is 42.6 Å². The average Bonchev–Trinajstić information content (AvgIpc) is 3.00. The van der Waals surface area contributed by atoms with Gasteiger partial charge in [0.05, 0.1) is 21.7 Å². The number of benzene rings is 1. The summed E-state index contributed by atoms with van der Waals surface area (Å²) >= 11 is 12.3. The van der Waals surface area contributed by atoms with Gasteiger partial charge in [-0.2, -0.15) is 0 Å². The van der Waals surface area contributed by atoms with Crippen molar-refractivity contribution in [3.8, 4) is 0 Å². The Balaban J connectivity index is 1.60. The molecular formula is C19H24Cl2N2O2. The smallest absolute Gasteiger partial charge is 0.227 e. The SMILES string of the molecule is CCC1CCC(NC(=O)[C@H]2CC(=O)N(c3cccc(Cl)c3Cl)C2)CC1. The van der Waals surface area contributed by atoms with Gasteiger partial charge in [0.1, 0.15) is 0 Å². The highest BCUT2D eigenvalue weighted by molar-refractivity contribution is 6.44.